The van der Waals surface area contributed by atoms with Gasteiger partial charge in [-0.3, -0.25) is 4.79 Å². The number of nitrogen functional groups attached to an aromatic ring is 1. The molecule has 0 bridgehead atoms. The molecule has 1 saturated carbocycles. The lowest BCUT2D eigenvalue weighted by atomic mass is 10.0. The normalized spacial score (nSPS) is 24.5. The molecule has 4 rings (SSSR count). The third kappa shape index (κ3) is 2.00. The van der Waals surface area contributed by atoms with Gasteiger partial charge in [0.05, 0.1) is 21.3 Å². The maximum absolute atomic E-state index is 12.4. The summed E-state index contributed by atoms with van der Waals surface area (Å²) in [5, 5.41) is 3.66. The Bertz CT molecular complexity index is 790. The van der Waals surface area contributed by atoms with Gasteiger partial charge in [-0.2, -0.15) is 0 Å². The average Bonchev–Trinajstić information content (AvgIpc) is 3.02. The van der Waals surface area contributed by atoms with Gasteiger partial charge in [0.1, 0.15) is 0 Å². The van der Waals surface area contributed by atoms with Crippen molar-refractivity contribution in [1.82, 2.24) is 5.32 Å². The second-order valence-electron chi connectivity index (χ2n) is 5.91. The highest BCUT2D eigenvalue weighted by Crippen LogP contribution is 2.56. The molecule has 0 saturated heterocycles. The molecule has 22 heavy (non-hydrogen) atoms. The number of carbonyl (C=O) groups excluding carboxylic acids is 1. The van der Waals surface area contributed by atoms with Gasteiger partial charge in [-0.15, -0.1) is 0 Å². The molecule has 3 atom stereocenters. The van der Waals surface area contributed by atoms with Crippen LogP contribution in [0.4, 0.5) is 5.69 Å². The van der Waals surface area contributed by atoms with E-state index in [-0.39, 0.29) is 22.7 Å². The zero-order valence-corrected chi connectivity index (χ0v) is 13.2. The first kappa shape index (κ1) is 13.9. The van der Waals surface area contributed by atoms with Gasteiger partial charge in [0, 0.05) is 12.0 Å². The van der Waals surface area contributed by atoms with E-state index in [0.29, 0.717) is 22.4 Å². The molecule has 1 fully saturated rings. The van der Waals surface area contributed by atoms with Gasteiger partial charge in [0.25, 0.3) is 5.91 Å². The predicted octanol–water partition coefficient (Wildman–Crippen LogP) is 3.64. The Balaban J connectivity index is 1.53. The Morgan fingerprint density at radius 2 is 1.95 bits per heavy atom. The van der Waals surface area contributed by atoms with Crippen LogP contribution in [0.5, 0.6) is 0 Å². The summed E-state index contributed by atoms with van der Waals surface area (Å²) in [5.74, 6) is 0.749. The quantitative estimate of drug-likeness (QED) is 0.825. The van der Waals surface area contributed by atoms with Crippen LogP contribution in [0.15, 0.2) is 36.4 Å². The summed E-state index contributed by atoms with van der Waals surface area (Å²) in [4.78, 5) is 12.4. The lowest BCUT2D eigenvalue weighted by molar-refractivity contribution is 0.0948. The third-order valence-electron chi connectivity index (χ3n) is 4.71. The SMILES string of the molecule is Nc1c(Cl)ccc(C(=O)N[C@@H]2[C@@H]3Cc4ccccc4[C@H]32)c1Cl. The Labute approximate surface area is 138 Å². The Kier molecular flexibility index (Phi) is 3.10. The molecular weight excluding hydrogens is 319 g/mol. The maximum Gasteiger partial charge on any atom is 0.253 e. The van der Waals surface area contributed by atoms with Crippen molar-refractivity contribution in [2.24, 2.45) is 5.92 Å². The van der Waals surface area contributed by atoms with Gasteiger partial charge >= 0.3 is 0 Å². The van der Waals surface area contributed by atoms with Crippen molar-refractivity contribution in [3.8, 4) is 0 Å². The van der Waals surface area contributed by atoms with Crippen LogP contribution in [0.1, 0.15) is 27.4 Å². The Morgan fingerprint density at radius 1 is 1.18 bits per heavy atom. The number of halogens is 2. The number of amides is 1. The Hall–Kier alpha value is -1.71. The molecule has 0 heterocycles. The van der Waals surface area contributed by atoms with E-state index in [1.54, 1.807) is 12.1 Å². The van der Waals surface area contributed by atoms with Crippen LogP contribution < -0.4 is 11.1 Å². The number of hydrogen-bond donors (Lipinski definition) is 2. The van der Waals surface area contributed by atoms with Crippen molar-refractivity contribution in [3.63, 3.8) is 0 Å². The lowest BCUT2D eigenvalue weighted by Crippen LogP contribution is -2.29. The van der Waals surface area contributed by atoms with Crippen LogP contribution in [-0.2, 0) is 6.42 Å². The van der Waals surface area contributed by atoms with Crippen LogP contribution in [0.3, 0.4) is 0 Å². The van der Waals surface area contributed by atoms with Crippen molar-refractivity contribution < 1.29 is 4.79 Å². The average molecular weight is 333 g/mol. The number of hydrogen-bond acceptors (Lipinski definition) is 2. The van der Waals surface area contributed by atoms with Gasteiger partial charge in [-0.25, -0.2) is 0 Å². The molecule has 2 aromatic carbocycles. The monoisotopic (exact) mass is 332 g/mol. The molecule has 0 unspecified atom stereocenters. The van der Waals surface area contributed by atoms with Gasteiger partial charge in [-0.1, -0.05) is 47.5 Å². The summed E-state index contributed by atoms with van der Waals surface area (Å²) < 4.78 is 0. The van der Waals surface area contributed by atoms with Crippen LogP contribution in [0.25, 0.3) is 0 Å². The smallest absolute Gasteiger partial charge is 0.253 e. The molecule has 2 aliphatic rings. The molecule has 3 nitrogen and oxygen atoms in total. The van der Waals surface area contributed by atoms with Crippen molar-refractivity contribution >= 4 is 34.8 Å². The number of nitrogens with two attached hydrogens (primary N) is 1. The molecular formula is C17H14Cl2N2O. The molecule has 0 radical (unpaired) electrons. The molecule has 1 amide bonds. The molecule has 2 aliphatic carbocycles. The third-order valence-corrected chi connectivity index (χ3v) is 5.44. The fourth-order valence-electron chi connectivity index (χ4n) is 3.52. The number of benzene rings is 2. The first-order chi connectivity index (χ1) is 10.6. The number of fused-ring (bicyclic) bond motifs is 3. The number of nitrogens with one attached hydrogen (secondary N) is 1. The topological polar surface area (TPSA) is 55.1 Å². The van der Waals surface area contributed by atoms with Crippen LogP contribution >= 0.6 is 23.2 Å². The zero-order valence-electron chi connectivity index (χ0n) is 11.6. The van der Waals surface area contributed by atoms with Crippen molar-refractivity contribution in [1.29, 1.82) is 0 Å². The van der Waals surface area contributed by atoms with Crippen LogP contribution in [0.2, 0.25) is 10.0 Å². The first-order valence-electron chi connectivity index (χ1n) is 7.20. The summed E-state index contributed by atoms with van der Waals surface area (Å²) in [6.45, 7) is 0. The van der Waals surface area contributed by atoms with E-state index in [1.807, 2.05) is 0 Å². The zero-order chi connectivity index (χ0) is 15.4. The summed E-state index contributed by atoms with van der Waals surface area (Å²) in [6, 6.07) is 11.8. The minimum absolute atomic E-state index is 0.190. The van der Waals surface area contributed by atoms with Gasteiger partial charge in [-0.05, 0) is 35.6 Å². The number of rotatable bonds is 2. The summed E-state index contributed by atoms with van der Waals surface area (Å²) >= 11 is 12.0. The van der Waals surface area contributed by atoms with Crippen LogP contribution in [0, 0.1) is 5.92 Å². The standard InChI is InChI=1S/C17H14Cl2N2O/c18-12-6-5-10(14(19)15(12)20)17(22)21-16-11-7-8-3-1-2-4-9(8)13(11)16/h1-6,11,13,16H,7,20H2,(H,21,22)/t11-,13-,16-/m1/s1. The minimum Gasteiger partial charge on any atom is -0.396 e. The summed E-state index contributed by atoms with van der Waals surface area (Å²) in [5.41, 5.74) is 9.16. The van der Waals surface area contributed by atoms with Crippen molar-refractivity contribution in [3.05, 3.63) is 63.1 Å². The van der Waals surface area contributed by atoms with E-state index < -0.39 is 0 Å². The first-order valence-corrected chi connectivity index (χ1v) is 7.95. The lowest BCUT2D eigenvalue weighted by Gasteiger charge is -2.11. The molecule has 0 aromatic heterocycles. The van der Waals surface area contributed by atoms with E-state index in [9.17, 15) is 4.79 Å². The molecule has 112 valence electrons. The van der Waals surface area contributed by atoms with E-state index in [2.05, 4.69) is 29.6 Å². The van der Waals surface area contributed by atoms with Crippen molar-refractivity contribution in [2.75, 3.05) is 5.73 Å². The fraction of sp³-hybridized carbons (Fsp3) is 0.235. The maximum atomic E-state index is 12.4. The largest absolute Gasteiger partial charge is 0.396 e. The molecule has 5 heteroatoms. The molecule has 0 aliphatic heterocycles. The second-order valence-corrected chi connectivity index (χ2v) is 6.70. The van der Waals surface area contributed by atoms with E-state index >= 15 is 0 Å². The second kappa shape index (κ2) is 4.90. The van der Waals surface area contributed by atoms with E-state index in [0.717, 1.165) is 6.42 Å². The number of anilines is 1. The summed E-state index contributed by atoms with van der Waals surface area (Å²) in [6.07, 6.45) is 1.03. The van der Waals surface area contributed by atoms with E-state index in [1.165, 1.54) is 11.1 Å². The highest BCUT2D eigenvalue weighted by atomic mass is 35.5. The predicted molar refractivity (Wildman–Crippen MR) is 88.5 cm³/mol. The molecule has 2 aromatic rings. The van der Waals surface area contributed by atoms with Crippen molar-refractivity contribution in [2.45, 2.75) is 18.4 Å². The minimum atomic E-state index is -0.190. The van der Waals surface area contributed by atoms with E-state index in [4.69, 9.17) is 28.9 Å². The van der Waals surface area contributed by atoms with Crippen LogP contribution in [-0.4, -0.2) is 11.9 Å². The highest BCUT2D eigenvalue weighted by molar-refractivity contribution is 6.40. The summed E-state index contributed by atoms with van der Waals surface area (Å²) in [7, 11) is 0. The molecule has 3 N–H and O–H groups in total. The highest BCUT2D eigenvalue weighted by Gasteiger charge is 2.56. The van der Waals surface area contributed by atoms with Gasteiger partial charge in [0.15, 0.2) is 0 Å². The van der Waals surface area contributed by atoms with Gasteiger partial charge in [0.2, 0.25) is 0 Å². The van der Waals surface area contributed by atoms with Gasteiger partial charge < -0.3 is 11.1 Å². The number of carbonyl (C=O) groups is 1. The molecule has 0 spiro atoms. The fourth-order valence-corrected chi connectivity index (χ4v) is 3.98. The Morgan fingerprint density at radius 3 is 2.77 bits per heavy atom.